The van der Waals surface area contributed by atoms with Crippen molar-refractivity contribution in [2.75, 3.05) is 0 Å². The number of nitrogens with zero attached hydrogens (tertiary/aromatic N) is 7. The van der Waals surface area contributed by atoms with Crippen molar-refractivity contribution in [3.05, 3.63) is 54.0 Å². The highest BCUT2D eigenvalue weighted by atomic mass is 19.1. The summed E-state index contributed by atoms with van der Waals surface area (Å²) >= 11 is 0. The van der Waals surface area contributed by atoms with Crippen molar-refractivity contribution < 1.29 is 9.13 Å². The summed E-state index contributed by atoms with van der Waals surface area (Å²) in [7, 11) is 0. The third kappa shape index (κ3) is 3.74. The first-order chi connectivity index (χ1) is 14.4. The minimum atomic E-state index is -0.310. The van der Waals surface area contributed by atoms with Gasteiger partial charge in [-0.25, -0.2) is 18.6 Å². The van der Waals surface area contributed by atoms with Crippen LogP contribution < -0.4 is 4.74 Å². The van der Waals surface area contributed by atoms with Crippen molar-refractivity contribution in [2.24, 2.45) is 0 Å². The molecule has 0 bridgehead atoms. The molecule has 0 fully saturated rings. The molecule has 0 aliphatic heterocycles. The van der Waals surface area contributed by atoms with Gasteiger partial charge >= 0.3 is 0 Å². The quantitative estimate of drug-likeness (QED) is 0.482. The number of halogens is 1. The van der Waals surface area contributed by atoms with E-state index in [1.54, 1.807) is 22.8 Å². The first-order valence-corrected chi connectivity index (χ1v) is 9.88. The Hall–Kier alpha value is -3.36. The van der Waals surface area contributed by atoms with Crippen molar-refractivity contribution in [1.82, 2.24) is 34.6 Å². The predicted molar refractivity (Wildman–Crippen MR) is 110 cm³/mol. The Bertz CT molecular complexity index is 1160. The summed E-state index contributed by atoms with van der Waals surface area (Å²) in [5.41, 5.74) is 2.17. The third-order valence-corrected chi connectivity index (χ3v) is 4.74. The molecule has 0 aliphatic rings. The topological polar surface area (TPSA) is 83.0 Å². The van der Waals surface area contributed by atoms with Crippen LogP contribution in [0.3, 0.4) is 0 Å². The van der Waals surface area contributed by atoms with E-state index in [-0.39, 0.29) is 17.8 Å². The van der Waals surface area contributed by atoms with Gasteiger partial charge in [0.15, 0.2) is 11.6 Å². The molecule has 3 aromatic heterocycles. The summed E-state index contributed by atoms with van der Waals surface area (Å²) in [5.74, 6) is 1.44. The van der Waals surface area contributed by atoms with E-state index in [4.69, 9.17) is 9.84 Å². The van der Waals surface area contributed by atoms with Crippen molar-refractivity contribution >= 4 is 5.52 Å². The summed E-state index contributed by atoms with van der Waals surface area (Å²) in [6.07, 6.45) is 4.16. The highest BCUT2D eigenvalue weighted by Crippen LogP contribution is 2.36. The molecule has 0 saturated carbocycles. The number of rotatable bonds is 6. The van der Waals surface area contributed by atoms with Crippen LogP contribution in [0.1, 0.15) is 45.5 Å². The molecule has 0 radical (unpaired) electrons. The van der Waals surface area contributed by atoms with Crippen molar-refractivity contribution in [3.8, 4) is 17.3 Å². The second-order valence-corrected chi connectivity index (χ2v) is 8.09. The van der Waals surface area contributed by atoms with E-state index < -0.39 is 0 Å². The monoisotopic (exact) mass is 409 g/mol. The minimum absolute atomic E-state index is 0.250. The molecular formula is C21H24FN7O. The summed E-state index contributed by atoms with van der Waals surface area (Å²) in [4.78, 5) is 4.30. The fourth-order valence-corrected chi connectivity index (χ4v) is 3.39. The number of aromatic nitrogens is 7. The number of aryl methyl sites for hydroxylation is 1. The molecule has 4 rings (SSSR count). The lowest BCUT2D eigenvalue weighted by molar-refractivity contribution is 0.267. The second-order valence-electron chi connectivity index (χ2n) is 8.09. The molecule has 1 aromatic carbocycles. The Labute approximate surface area is 173 Å². The number of fused-ring (bicyclic) bond motifs is 1. The minimum Gasteiger partial charge on any atom is -0.468 e. The van der Waals surface area contributed by atoms with E-state index in [9.17, 15) is 4.39 Å². The summed E-state index contributed by atoms with van der Waals surface area (Å²) in [6.45, 7) is 9.39. The molecule has 30 heavy (non-hydrogen) atoms. The van der Waals surface area contributed by atoms with Crippen LogP contribution in [-0.2, 0) is 18.6 Å². The molecule has 0 spiro atoms. The number of ether oxygens (including phenoxy) is 1. The van der Waals surface area contributed by atoms with Gasteiger partial charge in [-0.05, 0) is 36.1 Å². The molecule has 4 aromatic rings. The maximum atomic E-state index is 13.4. The average molecular weight is 409 g/mol. The maximum absolute atomic E-state index is 13.4. The van der Waals surface area contributed by atoms with Gasteiger partial charge in [0.25, 0.3) is 0 Å². The Balaban J connectivity index is 1.78. The number of hydrogen-bond acceptors (Lipinski definition) is 6. The van der Waals surface area contributed by atoms with Crippen LogP contribution >= 0.6 is 0 Å². The molecule has 0 atom stereocenters. The lowest BCUT2D eigenvalue weighted by atomic mass is 9.88. The molecule has 0 N–H and O–H groups in total. The fraction of sp³-hybridized carbons (Fsp3) is 0.381. The van der Waals surface area contributed by atoms with E-state index in [0.717, 1.165) is 29.9 Å². The van der Waals surface area contributed by atoms with E-state index in [1.807, 2.05) is 4.68 Å². The Morgan fingerprint density at radius 3 is 2.60 bits per heavy atom. The van der Waals surface area contributed by atoms with Crippen LogP contribution in [0.25, 0.3) is 16.9 Å². The zero-order chi connectivity index (χ0) is 21.3. The largest absolute Gasteiger partial charge is 0.468 e. The lowest BCUT2D eigenvalue weighted by Crippen LogP contribution is -2.14. The Kier molecular flexibility index (Phi) is 5.19. The second kappa shape index (κ2) is 7.81. The van der Waals surface area contributed by atoms with Crippen LogP contribution in [0.4, 0.5) is 4.39 Å². The Morgan fingerprint density at radius 2 is 1.90 bits per heavy atom. The molecule has 8 nitrogen and oxygen atoms in total. The van der Waals surface area contributed by atoms with Gasteiger partial charge < -0.3 is 4.74 Å². The average Bonchev–Trinajstić information content (AvgIpc) is 3.30. The van der Waals surface area contributed by atoms with Gasteiger partial charge in [-0.15, -0.1) is 10.2 Å². The lowest BCUT2D eigenvalue weighted by Gasteiger charge is -2.18. The van der Waals surface area contributed by atoms with Gasteiger partial charge in [0, 0.05) is 17.7 Å². The maximum Gasteiger partial charge on any atom is 0.238 e. The first-order valence-electron chi connectivity index (χ1n) is 9.88. The molecule has 156 valence electrons. The standard InChI is InChI=1S/C21H24FN7O/c1-5-10-28-17(23-13-25-28)12-30-20-18(21(2,3)4)16-11-24-26-19(29(16)27-20)14-6-8-15(22)9-7-14/h6-9,11,13H,5,10,12H2,1-4H3. The van der Waals surface area contributed by atoms with Gasteiger partial charge in [0.05, 0.1) is 11.7 Å². The Morgan fingerprint density at radius 1 is 1.13 bits per heavy atom. The molecule has 0 aliphatic carbocycles. The zero-order valence-corrected chi connectivity index (χ0v) is 17.5. The van der Waals surface area contributed by atoms with Crippen LogP contribution in [0, 0.1) is 5.82 Å². The van der Waals surface area contributed by atoms with Gasteiger partial charge in [0.1, 0.15) is 18.8 Å². The SMILES string of the molecule is CCCn1ncnc1COc1nn2c(-c3ccc(F)cc3)nncc2c1C(C)(C)C. The van der Waals surface area contributed by atoms with Gasteiger partial charge in [-0.3, -0.25) is 0 Å². The highest BCUT2D eigenvalue weighted by Gasteiger charge is 2.28. The molecular weight excluding hydrogens is 385 g/mol. The molecule has 0 unspecified atom stereocenters. The van der Waals surface area contributed by atoms with Crippen LogP contribution in [0.5, 0.6) is 5.88 Å². The third-order valence-electron chi connectivity index (χ3n) is 4.74. The van der Waals surface area contributed by atoms with Gasteiger partial charge in [-0.2, -0.15) is 10.2 Å². The predicted octanol–water partition coefficient (Wildman–Crippen LogP) is 3.81. The molecule has 0 saturated heterocycles. The van der Waals surface area contributed by atoms with E-state index >= 15 is 0 Å². The van der Waals surface area contributed by atoms with Crippen molar-refractivity contribution in [2.45, 2.75) is 52.7 Å². The summed E-state index contributed by atoms with van der Waals surface area (Å²) in [5, 5.41) is 17.3. The smallest absolute Gasteiger partial charge is 0.238 e. The highest BCUT2D eigenvalue weighted by molar-refractivity contribution is 5.66. The van der Waals surface area contributed by atoms with Crippen LogP contribution in [0.15, 0.2) is 36.8 Å². The van der Waals surface area contributed by atoms with Gasteiger partial charge in [-0.1, -0.05) is 27.7 Å². The van der Waals surface area contributed by atoms with Crippen LogP contribution in [-0.4, -0.2) is 34.6 Å². The summed E-state index contributed by atoms with van der Waals surface area (Å²) in [6, 6.07) is 6.10. The molecule has 9 heteroatoms. The van der Waals surface area contributed by atoms with Gasteiger partial charge in [0.2, 0.25) is 5.88 Å². The normalized spacial score (nSPS) is 11.9. The van der Waals surface area contributed by atoms with E-state index in [0.29, 0.717) is 17.3 Å². The fourth-order valence-electron chi connectivity index (χ4n) is 3.39. The summed E-state index contributed by atoms with van der Waals surface area (Å²) < 4.78 is 23.0. The van der Waals surface area contributed by atoms with Crippen molar-refractivity contribution in [3.63, 3.8) is 0 Å². The molecule has 3 heterocycles. The number of hydrogen-bond donors (Lipinski definition) is 0. The van der Waals surface area contributed by atoms with Crippen LogP contribution in [0.2, 0.25) is 0 Å². The number of benzene rings is 1. The van der Waals surface area contributed by atoms with E-state index in [2.05, 4.69) is 48.0 Å². The van der Waals surface area contributed by atoms with E-state index in [1.165, 1.54) is 18.5 Å². The van der Waals surface area contributed by atoms with Crippen molar-refractivity contribution in [1.29, 1.82) is 0 Å². The zero-order valence-electron chi connectivity index (χ0n) is 17.5. The molecule has 0 amide bonds. The first kappa shape index (κ1) is 19.9.